The predicted molar refractivity (Wildman–Crippen MR) is 123 cm³/mol. The molecule has 8 nitrogen and oxygen atoms in total. The molecular weight excluding hydrogens is 408 g/mol. The fourth-order valence-corrected chi connectivity index (χ4v) is 3.45. The summed E-state index contributed by atoms with van der Waals surface area (Å²) in [6.07, 6.45) is 0.737. The van der Waals surface area contributed by atoms with Crippen LogP contribution in [0.3, 0.4) is 0 Å². The summed E-state index contributed by atoms with van der Waals surface area (Å²) in [6.45, 7) is 10.3. The van der Waals surface area contributed by atoms with E-state index in [-0.39, 0.29) is 11.5 Å². The summed E-state index contributed by atoms with van der Waals surface area (Å²) in [5.41, 5.74) is 2.81. The number of rotatable bonds is 10. The molecule has 0 spiro atoms. The maximum absolute atomic E-state index is 10.6. The van der Waals surface area contributed by atoms with Gasteiger partial charge in [-0.25, -0.2) is 4.68 Å². The zero-order valence-corrected chi connectivity index (χ0v) is 19.4. The molecule has 2 N–H and O–H groups in total. The first-order valence-electron chi connectivity index (χ1n) is 10.9. The normalized spacial score (nSPS) is 11.5. The van der Waals surface area contributed by atoms with Crippen LogP contribution in [-0.4, -0.2) is 50.7 Å². The van der Waals surface area contributed by atoms with Gasteiger partial charge in [-0.2, -0.15) is 0 Å². The van der Waals surface area contributed by atoms with E-state index < -0.39 is 0 Å². The SMILES string of the molecule is COc1ccc(C(C)C)cc1-c1cc(-c2nnnn2CCCOCC(C)C)c(O)cc1O. The van der Waals surface area contributed by atoms with Crippen molar-refractivity contribution in [1.29, 1.82) is 0 Å². The average molecular weight is 441 g/mol. The number of hydrogen-bond acceptors (Lipinski definition) is 7. The molecule has 8 heteroatoms. The van der Waals surface area contributed by atoms with Gasteiger partial charge in [-0.05, 0) is 52.4 Å². The molecule has 0 aliphatic rings. The first kappa shape index (κ1) is 23.5. The van der Waals surface area contributed by atoms with Crippen LogP contribution < -0.4 is 4.74 Å². The Bertz CT molecular complexity index is 1050. The Hall–Kier alpha value is -3.13. The van der Waals surface area contributed by atoms with Crippen molar-refractivity contribution in [1.82, 2.24) is 20.2 Å². The third kappa shape index (κ3) is 5.37. The highest BCUT2D eigenvalue weighted by molar-refractivity contribution is 5.82. The van der Waals surface area contributed by atoms with Gasteiger partial charge in [-0.15, -0.1) is 5.10 Å². The van der Waals surface area contributed by atoms with Crippen LogP contribution >= 0.6 is 0 Å². The lowest BCUT2D eigenvalue weighted by Crippen LogP contribution is -2.08. The van der Waals surface area contributed by atoms with Crippen molar-refractivity contribution >= 4 is 0 Å². The van der Waals surface area contributed by atoms with E-state index in [9.17, 15) is 10.2 Å². The number of aromatic nitrogens is 4. The summed E-state index contributed by atoms with van der Waals surface area (Å²) < 4.78 is 12.8. The second-order valence-electron chi connectivity index (χ2n) is 8.55. The van der Waals surface area contributed by atoms with Gasteiger partial charge in [-0.3, -0.25) is 0 Å². The number of phenols is 2. The number of hydrogen-bond donors (Lipinski definition) is 2. The van der Waals surface area contributed by atoms with Crippen LogP contribution in [0.15, 0.2) is 30.3 Å². The Morgan fingerprint density at radius 2 is 1.72 bits per heavy atom. The third-order valence-corrected chi connectivity index (χ3v) is 5.18. The summed E-state index contributed by atoms with van der Waals surface area (Å²) in [5.74, 6) is 1.69. The van der Waals surface area contributed by atoms with E-state index in [1.807, 2.05) is 18.2 Å². The molecule has 0 unspecified atom stereocenters. The van der Waals surface area contributed by atoms with Crippen LogP contribution in [0.1, 0.15) is 45.6 Å². The minimum Gasteiger partial charge on any atom is -0.507 e. The lowest BCUT2D eigenvalue weighted by atomic mass is 9.94. The van der Waals surface area contributed by atoms with E-state index >= 15 is 0 Å². The molecule has 32 heavy (non-hydrogen) atoms. The van der Waals surface area contributed by atoms with Crippen molar-refractivity contribution in [2.24, 2.45) is 5.92 Å². The van der Waals surface area contributed by atoms with Crippen molar-refractivity contribution in [3.05, 3.63) is 35.9 Å². The second-order valence-corrected chi connectivity index (χ2v) is 8.55. The number of methoxy groups -OCH3 is 1. The van der Waals surface area contributed by atoms with Gasteiger partial charge in [0.15, 0.2) is 5.82 Å². The number of benzene rings is 2. The summed E-state index contributed by atoms with van der Waals surface area (Å²) in [7, 11) is 1.59. The van der Waals surface area contributed by atoms with Gasteiger partial charge in [0, 0.05) is 37.0 Å². The first-order chi connectivity index (χ1) is 15.3. The molecule has 1 aromatic heterocycles. The van der Waals surface area contributed by atoms with Crippen LogP contribution in [0.5, 0.6) is 17.2 Å². The Morgan fingerprint density at radius 3 is 2.41 bits per heavy atom. The zero-order valence-electron chi connectivity index (χ0n) is 19.4. The minimum atomic E-state index is -0.0997. The van der Waals surface area contributed by atoms with Crippen molar-refractivity contribution in [2.45, 2.75) is 46.6 Å². The van der Waals surface area contributed by atoms with Crippen LogP contribution in [0.25, 0.3) is 22.5 Å². The molecule has 0 amide bonds. The summed E-state index contributed by atoms with van der Waals surface area (Å²) in [6, 6.07) is 8.90. The average Bonchev–Trinajstić information content (AvgIpc) is 3.21. The van der Waals surface area contributed by atoms with Crippen LogP contribution in [-0.2, 0) is 11.3 Å². The van der Waals surface area contributed by atoms with Crippen LogP contribution in [0.4, 0.5) is 0 Å². The maximum Gasteiger partial charge on any atom is 0.185 e. The van der Waals surface area contributed by atoms with Crippen LogP contribution in [0.2, 0.25) is 0 Å². The smallest absolute Gasteiger partial charge is 0.185 e. The molecule has 0 saturated carbocycles. The van der Waals surface area contributed by atoms with Crippen molar-refractivity contribution < 1.29 is 19.7 Å². The number of tetrazole rings is 1. The van der Waals surface area contributed by atoms with Gasteiger partial charge in [0.05, 0.1) is 12.7 Å². The number of nitrogens with zero attached hydrogens (tertiary/aromatic N) is 4. The number of ether oxygens (including phenoxy) is 2. The Morgan fingerprint density at radius 1 is 0.969 bits per heavy atom. The van der Waals surface area contributed by atoms with E-state index in [4.69, 9.17) is 9.47 Å². The molecule has 0 fully saturated rings. The zero-order chi connectivity index (χ0) is 23.3. The van der Waals surface area contributed by atoms with Gasteiger partial charge in [0.1, 0.15) is 17.2 Å². The van der Waals surface area contributed by atoms with Crippen LogP contribution in [0, 0.1) is 5.92 Å². The van der Waals surface area contributed by atoms with Gasteiger partial charge < -0.3 is 19.7 Å². The van der Waals surface area contributed by atoms with Crippen molar-refractivity contribution in [2.75, 3.05) is 20.3 Å². The van der Waals surface area contributed by atoms with E-state index in [1.165, 1.54) is 6.07 Å². The van der Waals surface area contributed by atoms with Gasteiger partial charge in [0.2, 0.25) is 0 Å². The quantitative estimate of drug-likeness (QED) is 0.444. The molecule has 3 rings (SSSR count). The summed E-state index contributed by atoms with van der Waals surface area (Å²) in [4.78, 5) is 0. The molecule has 0 aliphatic heterocycles. The molecule has 0 radical (unpaired) electrons. The molecule has 0 atom stereocenters. The molecule has 2 aromatic carbocycles. The lowest BCUT2D eigenvalue weighted by Gasteiger charge is -2.16. The molecule has 0 aliphatic carbocycles. The molecule has 1 heterocycles. The van der Waals surface area contributed by atoms with Gasteiger partial charge >= 0.3 is 0 Å². The Balaban J connectivity index is 1.94. The second kappa shape index (κ2) is 10.5. The Labute approximate surface area is 188 Å². The highest BCUT2D eigenvalue weighted by atomic mass is 16.5. The van der Waals surface area contributed by atoms with E-state index in [1.54, 1.807) is 17.9 Å². The fourth-order valence-electron chi connectivity index (χ4n) is 3.45. The van der Waals surface area contributed by atoms with Gasteiger partial charge in [0.25, 0.3) is 0 Å². The first-order valence-corrected chi connectivity index (χ1v) is 10.9. The largest absolute Gasteiger partial charge is 0.507 e. The molecular formula is C24H32N4O4. The molecule has 3 aromatic rings. The fraction of sp³-hybridized carbons (Fsp3) is 0.458. The third-order valence-electron chi connectivity index (χ3n) is 5.18. The number of aryl methyl sites for hydroxylation is 1. The lowest BCUT2D eigenvalue weighted by molar-refractivity contribution is 0.105. The van der Waals surface area contributed by atoms with E-state index in [0.717, 1.165) is 17.5 Å². The topological polar surface area (TPSA) is 103 Å². The minimum absolute atomic E-state index is 0.0495. The van der Waals surface area contributed by atoms with Crippen molar-refractivity contribution in [3.8, 4) is 39.8 Å². The monoisotopic (exact) mass is 440 g/mol. The molecule has 0 bridgehead atoms. The predicted octanol–water partition coefficient (Wildman–Crippen LogP) is 4.61. The Kier molecular flexibility index (Phi) is 7.69. The maximum atomic E-state index is 10.6. The summed E-state index contributed by atoms with van der Waals surface area (Å²) in [5, 5.41) is 33.2. The standard InChI is InChI=1S/C24H32N4O4/c1-15(2)14-32-10-6-9-28-24(25-26-27-28)20-12-18(21(29)13-22(20)30)19-11-17(16(3)4)7-8-23(19)31-5/h7-8,11-13,15-16,29-30H,6,9-10,14H2,1-5H3. The highest BCUT2D eigenvalue weighted by Gasteiger charge is 2.20. The number of phenolic OH excluding ortho intramolecular Hbond substituents is 2. The van der Waals surface area contributed by atoms with Gasteiger partial charge in [-0.1, -0.05) is 33.8 Å². The van der Waals surface area contributed by atoms with E-state index in [0.29, 0.717) is 54.3 Å². The summed E-state index contributed by atoms with van der Waals surface area (Å²) >= 11 is 0. The highest BCUT2D eigenvalue weighted by Crippen LogP contribution is 2.43. The number of aromatic hydroxyl groups is 2. The van der Waals surface area contributed by atoms with Crippen molar-refractivity contribution in [3.63, 3.8) is 0 Å². The van der Waals surface area contributed by atoms with E-state index in [2.05, 4.69) is 43.2 Å². The molecule has 0 saturated heterocycles. The molecule has 172 valence electrons.